The molecule has 230 valence electrons. The maximum Gasteiger partial charge on any atom is 0.306 e. The van der Waals surface area contributed by atoms with Crippen molar-refractivity contribution in [1.29, 1.82) is 0 Å². The third-order valence-electron chi connectivity index (χ3n) is 8.42. The van der Waals surface area contributed by atoms with E-state index in [-0.39, 0.29) is 19.1 Å². The minimum absolute atomic E-state index is 0.157. The van der Waals surface area contributed by atoms with Gasteiger partial charge in [0, 0.05) is 56.1 Å². The maximum atomic E-state index is 10.8. The van der Waals surface area contributed by atoms with Crippen molar-refractivity contribution in [2.24, 2.45) is 0 Å². The molecule has 4 N–H and O–H groups in total. The molecule has 1 fully saturated rings. The molecule has 0 amide bonds. The number of nitrogens with one attached hydrogen (secondary N) is 1. The van der Waals surface area contributed by atoms with Crippen molar-refractivity contribution in [3.8, 4) is 39.3 Å². The number of methoxy groups -OCH3 is 1. The van der Waals surface area contributed by atoms with E-state index in [9.17, 15) is 15.0 Å². The lowest BCUT2D eigenvalue weighted by Crippen LogP contribution is -2.28. The minimum atomic E-state index is -1.04. The van der Waals surface area contributed by atoms with E-state index in [1.807, 2.05) is 6.07 Å². The Kier molecular flexibility index (Phi) is 10.1. The fraction of sp³-hybridized carbons (Fsp3) is 0.333. The van der Waals surface area contributed by atoms with Gasteiger partial charge in [0.25, 0.3) is 0 Å². The van der Waals surface area contributed by atoms with E-state index < -0.39 is 12.1 Å². The van der Waals surface area contributed by atoms with Crippen LogP contribution in [0.4, 0.5) is 0 Å². The van der Waals surface area contributed by atoms with Gasteiger partial charge in [0.2, 0.25) is 0 Å². The minimum Gasteiger partial charge on any atom is -0.496 e. The van der Waals surface area contributed by atoms with Crippen LogP contribution in [0.15, 0.2) is 72.9 Å². The van der Waals surface area contributed by atoms with Crippen molar-refractivity contribution >= 4 is 5.97 Å². The van der Waals surface area contributed by atoms with Gasteiger partial charge >= 0.3 is 5.97 Å². The van der Waals surface area contributed by atoms with Crippen LogP contribution in [0, 0.1) is 13.8 Å². The SMILES string of the molecule is COc1cc(-c2cccc(-c3cccc(-c4ccc(CN5CC[C@@H](O)C5)cc4)c3C)c2C)ncc1CNC[C@@H](O)CC(=O)O. The predicted molar refractivity (Wildman–Crippen MR) is 172 cm³/mol. The number of likely N-dealkylation sites (tertiary alicyclic amines) is 1. The Morgan fingerprint density at radius 1 is 1.02 bits per heavy atom. The summed E-state index contributed by atoms with van der Waals surface area (Å²) in [6.45, 7) is 7.38. The van der Waals surface area contributed by atoms with Gasteiger partial charge in [-0.3, -0.25) is 14.7 Å². The van der Waals surface area contributed by atoms with E-state index in [4.69, 9.17) is 14.8 Å². The quantitative estimate of drug-likeness (QED) is 0.177. The molecule has 2 atom stereocenters. The number of aliphatic hydroxyl groups is 2. The van der Waals surface area contributed by atoms with Crippen molar-refractivity contribution in [2.75, 3.05) is 26.7 Å². The molecule has 3 aromatic carbocycles. The normalized spacial score (nSPS) is 15.8. The maximum absolute atomic E-state index is 10.8. The monoisotopic (exact) mass is 595 g/mol. The third-order valence-corrected chi connectivity index (χ3v) is 8.42. The number of nitrogens with zero attached hydrogens (tertiary/aromatic N) is 2. The zero-order valence-electron chi connectivity index (χ0n) is 25.6. The molecule has 0 spiro atoms. The molecule has 8 heteroatoms. The molecule has 1 aliphatic rings. The van der Waals surface area contributed by atoms with Crippen molar-refractivity contribution in [3.05, 3.63) is 95.2 Å². The second kappa shape index (κ2) is 14.1. The van der Waals surface area contributed by atoms with Gasteiger partial charge in [0.05, 0.1) is 31.4 Å². The van der Waals surface area contributed by atoms with Gasteiger partial charge in [0.15, 0.2) is 0 Å². The van der Waals surface area contributed by atoms with Gasteiger partial charge in [0.1, 0.15) is 5.75 Å². The summed E-state index contributed by atoms with van der Waals surface area (Å²) in [7, 11) is 1.61. The highest BCUT2D eigenvalue weighted by atomic mass is 16.5. The van der Waals surface area contributed by atoms with Crippen molar-refractivity contribution in [1.82, 2.24) is 15.2 Å². The van der Waals surface area contributed by atoms with Crippen LogP contribution in [0.1, 0.15) is 35.1 Å². The first-order chi connectivity index (χ1) is 21.2. The van der Waals surface area contributed by atoms with Crippen molar-refractivity contribution in [2.45, 2.75) is 52.0 Å². The number of carboxylic acid groups (broad SMARTS) is 1. The lowest BCUT2D eigenvalue weighted by atomic mass is 9.88. The molecule has 1 saturated heterocycles. The van der Waals surface area contributed by atoms with Gasteiger partial charge in [-0.1, -0.05) is 60.7 Å². The summed E-state index contributed by atoms with van der Waals surface area (Å²) in [6, 6.07) is 23.4. The Bertz CT molecular complexity index is 1600. The average molecular weight is 596 g/mol. The molecule has 1 aliphatic heterocycles. The number of pyridine rings is 1. The zero-order valence-corrected chi connectivity index (χ0v) is 25.6. The number of aliphatic hydroxyl groups excluding tert-OH is 2. The Hall–Kier alpha value is -4.08. The molecule has 1 aromatic heterocycles. The number of hydrogen-bond donors (Lipinski definition) is 4. The van der Waals surface area contributed by atoms with Gasteiger partial charge in [-0.2, -0.15) is 0 Å². The smallest absolute Gasteiger partial charge is 0.306 e. The Morgan fingerprint density at radius 3 is 2.32 bits per heavy atom. The molecule has 2 heterocycles. The molecular formula is C36H41N3O5. The van der Waals surface area contributed by atoms with Gasteiger partial charge < -0.3 is 25.4 Å². The first kappa shape index (κ1) is 31.3. The van der Waals surface area contributed by atoms with Crippen molar-refractivity contribution in [3.63, 3.8) is 0 Å². The summed E-state index contributed by atoms with van der Waals surface area (Å²) in [4.78, 5) is 17.8. The van der Waals surface area contributed by atoms with E-state index in [0.717, 1.165) is 54.0 Å². The van der Waals surface area contributed by atoms with Crippen LogP contribution < -0.4 is 10.1 Å². The van der Waals surface area contributed by atoms with Crippen LogP contribution in [0.3, 0.4) is 0 Å². The zero-order chi connectivity index (χ0) is 31.2. The molecule has 0 bridgehead atoms. The average Bonchev–Trinajstić information content (AvgIpc) is 3.42. The van der Waals surface area contributed by atoms with Crippen LogP contribution >= 0.6 is 0 Å². The number of carboxylic acids is 1. The van der Waals surface area contributed by atoms with E-state index >= 15 is 0 Å². The summed E-state index contributed by atoms with van der Waals surface area (Å²) in [5.41, 5.74) is 10.9. The molecular weight excluding hydrogens is 554 g/mol. The number of carbonyl (C=O) groups is 1. The van der Waals surface area contributed by atoms with E-state index in [2.05, 4.69) is 84.7 Å². The van der Waals surface area contributed by atoms with Gasteiger partial charge in [-0.25, -0.2) is 0 Å². The highest BCUT2D eigenvalue weighted by Gasteiger charge is 2.20. The topological polar surface area (TPSA) is 115 Å². The van der Waals surface area contributed by atoms with Crippen LogP contribution in [-0.4, -0.2) is 70.1 Å². The fourth-order valence-electron chi connectivity index (χ4n) is 6.03. The van der Waals surface area contributed by atoms with Crippen LogP contribution in [-0.2, 0) is 17.9 Å². The highest BCUT2D eigenvalue weighted by molar-refractivity contribution is 5.83. The Balaban J connectivity index is 1.36. The number of aliphatic carboxylic acids is 1. The summed E-state index contributed by atoms with van der Waals surface area (Å²) in [5.74, 6) is -0.366. The molecule has 0 unspecified atom stereocenters. The molecule has 5 rings (SSSR count). The standard InChI is InChI=1S/C36H41N3O5/c1-23-30(26-12-10-25(11-13-26)21-39-15-14-28(40)22-39)6-4-7-31(23)32-8-5-9-33(24(32)2)34-17-35(44-3)27(19-38-34)18-37-20-29(41)16-36(42)43/h4-13,17,19,28-29,37,40-41H,14-16,18,20-22H2,1-3H3,(H,42,43)/t28-,29+/m1/s1. The Morgan fingerprint density at radius 2 is 1.68 bits per heavy atom. The summed E-state index contributed by atoms with van der Waals surface area (Å²) in [5, 5.41) is 31.6. The second-order valence-corrected chi connectivity index (χ2v) is 11.6. The van der Waals surface area contributed by atoms with E-state index in [0.29, 0.717) is 12.3 Å². The largest absolute Gasteiger partial charge is 0.496 e. The number of ether oxygens (including phenoxy) is 1. The number of β-amino-alcohol motifs (C(OH)–C–C–N with tert-alkyl or cyclic N) is 1. The van der Waals surface area contributed by atoms with Gasteiger partial charge in [-0.05, 0) is 59.2 Å². The van der Waals surface area contributed by atoms with Crippen LogP contribution in [0.5, 0.6) is 5.75 Å². The summed E-state index contributed by atoms with van der Waals surface area (Å²) in [6.07, 6.45) is 1.13. The molecule has 0 aliphatic carbocycles. The summed E-state index contributed by atoms with van der Waals surface area (Å²) < 4.78 is 5.67. The van der Waals surface area contributed by atoms with E-state index in [1.54, 1.807) is 13.3 Å². The fourth-order valence-corrected chi connectivity index (χ4v) is 6.03. The number of benzene rings is 3. The molecule has 44 heavy (non-hydrogen) atoms. The number of aromatic nitrogens is 1. The van der Waals surface area contributed by atoms with E-state index in [1.165, 1.54) is 27.8 Å². The molecule has 8 nitrogen and oxygen atoms in total. The van der Waals surface area contributed by atoms with Gasteiger partial charge in [-0.15, -0.1) is 0 Å². The summed E-state index contributed by atoms with van der Waals surface area (Å²) >= 11 is 0. The lowest BCUT2D eigenvalue weighted by molar-refractivity contribution is -0.139. The second-order valence-electron chi connectivity index (χ2n) is 11.6. The number of hydrogen-bond acceptors (Lipinski definition) is 7. The first-order valence-electron chi connectivity index (χ1n) is 15.1. The molecule has 0 radical (unpaired) electrons. The van der Waals surface area contributed by atoms with Crippen molar-refractivity contribution < 1.29 is 24.9 Å². The Labute approximate surface area is 259 Å². The highest BCUT2D eigenvalue weighted by Crippen LogP contribution is 2.37. The molecule has 4 aromatic rings. The van der Waals surface area contributed by atoms with Crippen LogP contribution in [0.2, 0.25) is 0 Å². The third kappa shape index (κ3) is 7.34. The lowest BCUT2D eigenvalue weighted by Gasteiger charge is -2.18. The predicted octanol–water partition coefficient (Wildman–Crippen LogP) is 5.20. The number of rotatable bonds is 12. The van der Waals surface area contributed by atoms with Crippen LogP contribution in [0.25, 0.3) is 33.5 Å². The first-order valence-corrected chi connectivity index (χ1v) is 15.1. The molecule has 0 saturated carbocycles.